The second-order valence-electron chi connectivity index (χ2n) is 5.45. The number of aromatic nitrogens is 1. The first-order valence-electron chi connectivity index (χ1n) is 7.07. The van der Waals surface area contributed by atoms with Crippen LogP contribution in [0, 0.1) is 28.6 Å². The molecular weight excluding hydrogens is 292 g/mol. The van der Waals surface area contributed by atoms with E-state index < -0.39 is 5.56 Å². The predicted octanol–water partition coefficient (Wildman–Crippen LogP) is 2.40. The van der Waals surface area contributed by atoms with Crippen molar-refractivity contribution in [3.63, 3.8) is 0 Å². The highest BCUT2D eigenvalue weighted by molar-refractivity contribution is 5.80. The number of H-pyrrole nitrogens is 1. The molecule has 23 heavy (non-hydrogen) atoms. The standard InChI is InChI=1S/C17H16N4O2/c1-10(2)9-23-12-5-3-11(4-6-12)15-13(7-18)16(20)21-17(22)14(15)8-19/h3-6,10H,9H2,1-2H3,(H3,20,21,22). The Bertz CT molecular complexity index is 852. The summed E-state index contributed by atoms with van der Waals surface area (Å²) < 4.78 is 5.60. The van der Waals surface area contributed by atoms with Crippen LogP contribution in [-0.4, -0.2) is 11.6 Å². The fourth-order valence-corrected chi connectivity index (χ4v) is 2.11. The maximum atomic E-state index is 11.9. The summed E-state index contributed by atoms with van der Waals surface area (Å²) >= 11 is 0. The molecule has 2 rings (SSSR count). The van der Waals surface area contributed by atoms with Crippen molar-refractivity contribution in [1.82, 2.24) is 4.98 Å². The molecule has 1 aromatic carbocycles. The van der Waals surface area contributed by atoms with Crippen molar-refractivity contribution in [2.75, 3.05) is 12.3 Å². The molecule has 6 heteroatoms. The molecule has 6 nitrogen and oxygen atoms in total. The van der Waals surface area contributed by atoms with Crippen LogP contribution >= 0.6 is 0 Å². The topological polar surface area (TPSA) is 116 Å². The number of pyridine rings is 1. The third-order valence-corrected chi connectivity index (χ3v) is 3.19. The predicted molar refractivity (Wildman–Crippen MR) is 86.7 cm³/mol. The first-order valence-corrected chi connectivity index (χ1v) is 7.07. The quantitative estimate of drug-likeness (QED) is 0.899. The minimum absolute atomic E-state index is 0.0494. The molecule has 0 aliphatic carbocycles. The van der Waals surface area contributed by atoms with Crippen LogP contribution in [0.15, 0.2) is 29.1 Å². The van der Waals surface area contributed by atoms with Gasteiger partial charge in [-0.3, -0.25) is 4.79 Å². The minimum atomic E-state index is -0.612. The molecule has 0 fully saturated rings. The summed E-state index contributed by atoms with van der Waals surface area (Å²) in [4.78, 5) is 14.2. The van der Waals surface area contributed by atoms with Gasteiger partial charge in [-0.05, 0) is 23.6 Å². The van der Waals surface area contributed by atoms with E-state index in [9.17, 15) is 15.3 Å². The third-order valence-electron chi connectivity index (χ3n) is 3.19. The first-order chi connectivity index (χ1) is 11.0. The number of nitrogens with zero attached hydrogens (tertiary/aromatic N) is 2. The lowest BCUT2D eigenvalue weighted by Gasteiger charge is -2.11. The van der Waals surface area contributed by atoms with Crippen LogP contribution in [0.4, 0.5) is 5.82 Å². The van der Waals surface area contributed by atoms with E-state index >= 15 is 0 Å². The lowest BCUT2D eigenvalue weighted by atomic mass is 9.96. The van der Waals surface area contributed by atoms with Crippen molar-refractivity contribution in [2.24, 2.45) is 5.92 Å². The Labute approximate surface area is 133 Å². The Morgan fingerprint density at radius 2 is 1.78 bits per heavy atom. The molecule has 2 aromatic rings. The molecule has 0 aliphatic heterocycles. The van der Waals surface area contributed by atoms with Gasteiger partial charge in [-0.25, -0.2) is 0 Å². The molecule has 0 amide bonds. The number of benzene rings is 1. The molecular formula is C17H16N4O2. The zero-order chi connectivity index (χ0) is 17.0. The molecule has 0 saturated heterocycles. The summed E-state index contributed by atoms with van der Waals surface area (Å²) in [6, 6.07) is 10.6. The summed E-state index contributed by atoms with van der Waals surface area (Å²) in [5, 5.41) is 18.5. The van der Waals surface area contributed by atoms with E-state index in [2.05, 4.69) is 4.98 Å². The monoisotopic (exact) mass is 308 g/mol. The molecule has 0 bridgehead atoms. The van der Waals surface area contributed by atoms with E-state index in [1.54, 1.807) is 24.3 Å². The van der Waals surface area contributed by atoms with Gasteiger partial charge < -0.3 is 15.5 Å². The van der Waals surface area contributed by atoms with Crippen molar-refractivity contribution in [2.45, 2.75) is 13.8 Å². The largest absolute Gasteiger partial charge is 0.493 e. The fourth-order valence-electron chi connectivity index (χ4n) is 2.11. The summed E-state index contributed by atoms with van der Waals surface area (Å²) in [6.45, 7) is 4.68. The van der Waals surface area contributed by atoms with Crippen molar-refractivity contribution in [3.8, 4) is 29.0 Å². The van der Waals surface area contributed by atoms with Crippen molar-refractivity contribution in [1.29, 1.82) is 10.5 Å². The van der Waals surface area contributed by atoms with E-state index in [0.717, 1.165) is 0 Å². The van der Waals surface area contributed by atoms with E-state index in [4.69, 9.17) is 10.5 Å². The number of nitriles is 2. The molecule has 116 valence electrons. The molecule has 0 saturated carbocycles. The summed E-state index contributed by atoms with van der Waals surface area (Å²) in [7, 11) is 0. The maximum Gasteiger partial charge on any atom is 0.268 e. The molecule has 3 N–H and O–H groups in total. The normalized spacial score (nSPS) is 10.1. The number of anilines is 1. The average Bonchev–Trinajstić information content (AvgIpc) is 2.53. The molecule has 0 aliphatic rings. The number of aromatic amines is 1. The zero-order valence-corrected chi connectivity index (χ0v) is 12.9. The highest BCUT2D eigenvalue weighted by Crippen LogP contribution is 2.29. The highest BCUT2D eigenvalue weighted by atomic mass is 16.5. The van der Waals surface area contributed by atoms with Gasteiger partial charge in [0.25, 0.3) is 5.56 Å². The molecule has 0 spiro atoms. The van der Waals surface area contributed by atoms with Crippen LogP contribution in [0.5, 0.6) is 5.75 Å². The lowest BCUT2D eigenvalue weighted by Crippen LogP contribution is -2.16. The smallest absolute Gasteiger partial charge is 0.268 e. The average molecular weight is 308 g/mol. The van der Waals surface area contributed by atoms with Crippen LogP contribution in [-0.2, 0) is 0 Å². The maximum absolute atomic E-state index is 11.9. The summed E-state index contributed by atoms with van der Waals surface area (Å²) in [5.41, 5.74) is 5.83. The molecule has 1 heterocycles. The minimum Gasteiger partial charge on any atom is -0.493 e. The number of rotatable bonds is 4. The summed E-state index contributed by atoms with van der Waals surface area (Å²) in [6.07, 6.45) is 0. The summed E-state index contributed by atoms with van der Waals surface area (Å²) in [5.74, 6) is 1.03. The lowest BCUT2D eigenvalue weighted by molar-refractivity contribution is 0.271. The number of nitrogen functional groups attached to an aromatic ring is 1. The SMILES string of the molecule is CC(C)COc1ccc(-c2c(C#N)c(N)[nH]c(=O)c2C#N)cc1. The first kappa shape index (κ1) is 16.1. The van der Waals surface area contributed by atoms with Gasteiger partial charge in [0.2, 0.25) is 0 Å². The Kier molecular flexibility index (Phi) is 4.68. The number of nitrogens with two attached hydrogens (primary N) is 1. The van der Waals surface area contributed by atoms with Crippen LogP contribution in [0.3, 0.4) is 0 Å². The van der Waals surface area contributed by atoms with E-state index in [0.29, 0.717) is 23.8 Å². The number of nitrogens with one attached hydrogen (secondary N) is 1. The molecule has 0 atom stereocenters. The van der Waals surface area contributed by atoms with Gasteiger partial charge in [0.1, 0.15) is 34.8 Å². The molecule has 0 unspecified atom stereocenters. The van der Waals surface area contributed by atoms with Gasteiger partial charge >= 0.3 is 0 Å². The Morgan fingerprint density at radius 3 is 2.30 bits per heavy atom. The number of hydrogen-bond acceptors (Lipinski definition) is 5. The Balaban J connectivity index is 2.53. The zero-order valence-electron chi connectivity index (χ0n) is 12.9. The van der Waals surface area contributed by atoms with Crippen LogP contribution < -0.4 is 16.0 Å². The van der Waals surface area contributed by atoms with E-state index in [1.807, 2.05) is 26.0 Å². The second kappa shape index (κ2) is 6.67. The van der Waals surface area contributed by atoms with Gasteiger partial charge in [-0.15, -0.1) is 0 Å². The van der Waals surface area contributed by atoms with Crippen molar-refractivity contribution in [3.05, 3.63) is 45.7 Å². The highest BCUT2D eigenvalue weighted by Gasteiger charge is 2.17. The van der Waals surface area contributed by atoms with Gasteiger partial charge in [-0.2, -0.15) is 10.5 Å². The fraction of sp³-hybridized carbons (Fsp3) is 0.235. The van der Waals surface area contributed by atoms with Crippen molar-refractivity contribution >= 4 is 5.82 Å². The van der Waals surface area contributed by atoms with Crippen LogP contribution in [0.25, 0.3) is 11.1 Å². The second-order valence-corrected chi connectivity index (χ2v) is 5.45. The van der Waals surface area contributed by atoms with Gasteiger partial charge in [0.05, 0.1) is 6.61 Å². The van der Waals surface area contributed by atoms with Gasteiger partial charge in [0.15, 0.2) is 0 Å². The Morgan fingerprint density at radius 1 is 1.17 bits per heavy atom. The van der Waals surface area contributed by atoms with Crippen LogP contribution in [0.1, 0.15) is 25.0 Å². The van der Waals surface area contributed by atoms with Crippen LogP contribution in [0.2, 0.25) is 0 Å². The van der Waals surface area contributed by atoms with Crippen molar-refractivity contribution < 1.29 is 4.74 Å². The Hall–Kier alpha value is -3.25. The molecule has 1 aromatic heterocycles. The number of hydrogen-bond donors (Lipinski definition) is 2. The third kappa shape index (κ3) is 3.33. The van der Waals surface area contributed by atoms with E-state index in [1.165, 1.54) is 0 Å². The molecule has 0 radical (unpaired) electrons. The van der Waals surface area contributed by atoms with Gasteiger partial charge in [0, 0.05) is 5.56 Å². The van der Waals surface area contributed by atoms with Gasteiger partial charge in [-0.1, -0.05) is 26.0 Å². The van der Waals surface area contributed by atoms with E-state index in [-0.39, 0.29) is 22.5 Å². The number of ether oxygens (including phenoxy) is 1.